The summed E-state index contributed by atoms with van der Waals surface area (Å²) in [6, 6.07) is 5.17. The number of fused-ring (bicyclic) bond motifs is 3. The lowest BCUT2D eigenvalue weighted by molar-refractivity contribution is -0.319. The van der Waals surface area contributed by atoms with E-state index < -0.39 is 91.2 Å². The zero-order chi connectivity index (χ0) is 34.3. The Morgan fingerprint density at radius 2 is 1.59 bits per heavy atom. The largest absolute Gasteiger partial charge is 0.507 e. The summed E-state index contributed by atoms with van der Waals surface area (Å²) >= 11 is 0. The van der Waals surface area contributed by atoms with Crippen LogP contribution in [0.15, 0.2) is 24.3 Å². The highest BCUT2D eigenvalue weighted by Crippen LogP contribution is 2.50. The number of rotatable bonds is 6. The predicted octanol–water partition coefficient (Wildman–Crippen LogP) is 3.40. The summed E-state index contributed by atoms with van der Waals surface area (Å²) < 4.78 is 30.6. The molecule has 5 rings (SSSR count). The highest BCUT2D eigenvalue weighted by atomic mass is 28.4. The van der Waals surface area contributed by atoms with Crippen molar-refractivity contribution in [1.29, 1.82) is 0 Å². The van der Waals surface area contributed by atoms with E-state index in [2.05, 4.69) is 20.8 Å². The molecular weight excluding hydrogens is 616 g/mol. The molecule has 0 amide bonds. The van der Waals surface area contributed by atoms with E-state index in [0.29, 0.717) is 0 Å². The van der Waals surface area contributed by atoms with Gasteiger partial charge in [-0.1, -0.05) is 32.9 Å². The van der Waals surface area contributed by atoms with Crippen molar-refractivity contribution < 1.29 is 58.2 Å². The minimum atomic E-state index is -2.48. The molecule has 0 unspecified atom stereocenters. The van der Waals surface area contributed by atoms with E-state index in [-0.39, 0.29) is 32.9 Å². The van der Waals surface area contributed by atoms with Gasteiger partial charge in [-0.3, -0.25) is 14.4 Å². The van der Waals surface area contributed by atoms with Gasteiger partial charge in [-0.05, 0) is 44.1 Å². The fourth-order valence-electron chi connectivity index (χ4n) is 6.29. The number of phenols is 2. The van der Waals surface area contributed by atoms with Crippen LogP contribution in [0.4, 0.5) is 0 Å². The van der Waals surface area contributed by atoms with Gasteiger partial charge in [-0.15, -0.1) is 0 Å². The minimum absolute atomic E-state index is 0.0895. The number of methoxy groups -OCH3 is 2. The number of Topliss-reactive ketones (excluding diaryl/α,β-unsaturated/α-hetero) is 1. The molecule has 13 heteroatoms. The number of aliphatic hydroxyl groups excluding tert-OH is 1. The molecule has 0 saturated carbocycles. The van der Waals surface area contributed by atoms with Crippen molar-refractivity contribution in [3.8, 4) is 11.5 Å². The van der Waals surface area contributed by atoms with E-state index >= 15 is 0 Å². The molecule has 8 atom stereocenters. The standard InChI is InChI=1S/C33H42O12Si/c1-14-22(35)27(45-46(8,9)32(2,3)4)28(41-6)31(43-14)44-26-21-17(29(39)33(5,40)30(26)42-7)13-16-20(25(21)38)24(37)19-15(23(16)36)11-10-12-18(19)34/h10-14,22,26-28,30-31,34-35,38,40H,1-9H3/t14-,22-,26+,27+,28+,30-,31-,33+/m0/s1. The fraction of sp³-hybridized carbons (Fsp3) is 0.545. The fourth-order valence-corrected chi connectivity index (χ4v) is 7.59. The van der Waals surface area contributed by atoms with E-state index in [1.807, 2.05) is 13.1 Å². The predicted molar refractivity (Wildman–Crippen MR) is 166 cm³/mol. The number of ether oxygens (including phenoxy) is 4. The average Bonchev–Trinajstić information content (AvgIpc) is 2.96. The third kappa shape index (κ3) is 5.13. The van der Waals surface area contributed by atoms with Crippen molar-refractivity contribution in [2.45, 2.75) is 101 Å². The molecule has 0 bridgehead atoms. The molecular formula is C33H42O12Si. The van der Waals surface area contributed by atoms with E-state index in [0.717, 1.165) is 6.07 Å². The normalized spacial score (nSPS) is 31.4. The van der Waals surface area contributed by atoms with E-state index in [4.69, 9.17) is 23.4 Å². The Morgan fingerprint density at radius 1 is 0.935 bits per heavy atom. The molecule has 3 aliphatic rings. The number of aromatic hydroxyl groups is 2. The van der Waals surface area contributed by atoms with Crippen molar-refractivity contribution >= 4 is 25.7 Å². The summed E-state index contributed by atoms with van der Waals surface area (Å²) in [6.45, 7) is 13.1. The van der Waals surface area contributed by atoms with Crippen molar-refractivity contribution in [2.24, 2.45) is 0 Å². The Balaban J connectivity index is 1.65. The number of hydrogen-bond acceptors (Lipinski definition) is 12. The quantitative estimate of drug-likeness (QED) is 0.284. The third-order valence-electron chi connectivity index (χ3n) is 9.95. The Labute approximate surface area is 268 Å². The van der Waals surface area contributed by atoms with Crippen LogP contribution in [0, 0.1) is 0 Å². The van der Waals surface area contributed by atoms with Gasteiger partial charge < -0.3 is 43.8 Å². The number of hydrogen-bond donors (Lipinski definition) is 4. The van der Waals surface area contributed by atoms with Crippen molar-refractivity contribution in [3.63, 3.8) is 0 Å². The van der Waals surface area contributed by atoms with Gasteiger partial charge in [0.2, 0.25) is 5.78 Å². The molecule has 0 spiro atoms. The maximum absolute atomic E-state index is 13.8. The summed E-state index contributed by atoms with van der Waals surface area (Å²) in [5.41, 5.74) is -3.74. The van der Waals surface area contributed by atoms with E-state index in [1.165, 1.54) is 39.3 Å². The zero-order valence-electron chi connectivity index (χ0n) is 27.4. The molecule has 46 heavy (non-hydrogen) atoms. The van der Waals surface area contributed by atoms with Gasteiger partial charge >= 0.3 is 0 Å². The van der Waals surface area contributed by atoms with Crippen molar-refractivity contribution in [2.75, 3.05) is 14.2 Å². The molecule has 4 N–H and O–H groups in total. The molecule has 12 nitrogen and oxygen atoms in total. The van der Waals surface area contributed by atoms with Crippen LogP contribution in [0.2, 0.25) is 18.1 Å². The molecule has 1 aliphatic heterocycles. The maximum atomic E-state index is 13.8. The summed E-state index contributed by atoms with van der Waals surface area (Å²) in [7, 11) is 0.172. The number of carbonyl (C=O) groups excluding carboxylic acids is 3. The maximum Gasteiger partial charge on any atom is 0.201 e. The van der Waals surface area contributed by atoms with Crippen LogP contribution in [0.1, 0.15) is 88.5 Å². The van der Waals surface area contributed by atoms with Gasteiger partial charge in [0, 0.05) is 36.5 Å². The van der Waals surface area contributed by atoms with E-state index in [9.17, 15) is 34.8 Å². The number of phenolic OH excluding ortho intramolecular Hbond substituents is 2. The number of carbonyl (C=O) groups is 3. The summed E-state index contributed by atoms with van der Waals surface area (Å²) in [5.74, 6) is -3.57. The molecule has 2 aliphatic carbocycles. The topological polar surface area (TPSA) is 178 Å². The van der Waals surface area contributed by atoms with Crippen molar-refractivity contribution in [1.82, 2.24) is 0 Å². The van der Waals surface area contributed by atoms with Crippen LogP contribution in [0.25, 0.3) is 0 Å². The molecule has 0 radical (unpaired) electrons. The van der Waals surface area contributed by atoms with Gasteiger partial charge in [-0.2, -0.15) is 0 Å². The zero-order valence-corrected chi connectivity index (χ0v) is 28.4. The SMILES string of the molecule is CO[C@H]1[C@H](O[C@@H]2c3c(cc4c(c3O)C(=O)c3c(O)cccc3C4=O)C(=O)[C@@](C)(O)[C@H]2OC)O[C@@H](C)[C@H](O)[C@H]1O[Si](C)(C)C(C)(C)C. The number of ketones is 3. The van der Waals surface area contributed by atoms with Gasteiger partial charge in [0.15, 0.2) is 31.8 Å². The van der Waals surface area contributed by atoms with E-state index in [1.54, 1.807) is 6.92 Å². The number of aliphatic hydroxyl groups is 2. The Kier molecular flexibility index (Phi) is 8.65. The highest BCUT2D eigenvalue weighted by molar-refractivity contribution is 6.74. The molecule has 1 fully saturated rings. The summed E-state index contributed by atoms with van der Waals surface area (Å²) in [5, 5.41) is 44.7. The van der Waals surface area contributed by atoms with Gasteiger partial charge in [-0.25, -0.2) is 0 Å². The Bertz CT molecular complexity index is 1590. The smallest absolute Gasteiger partial charge is 0.201 e. The van der Waals surface area contributed by atoms with Crippen LogP contribution in [0.3, 0.4) is 0 Å². The van der Waals surface area contributed by atoms with Crippen LogP contribution in [0.5, 0.6) is 11.5 Å². The van der Waals surface area contributed by atoms with Gasteiger partial charge in [0.25, 0.3) is 0 Å². The molecule has 2 aromatic rings. The molecule has 2 aromatic carbocycles. The highest BCUT2D eigenvalue weighted by Gasteiger charge is 2.57. The van der Waals surface area contributed by atoms with Crippen LogP contribution in [-0.4, -0.2) is 103 Å². The lowest BCUT2D eigenvalue weighted by Crippen LogP contribution is -2.63. The van der Waals surface area contributed by atoms with Crippen LogP contribution < -0.4 is 0 Å². The van der Waals surface area contributed by atoms with Crippen molar-refractivity contribution in [3.05, 3.63) is 57.6 Å². The molecule has 1 heterocycles. The Hall–Kier alpha value is -3.01. The summed E-state index contributed by atoms with van der Waals surface area (Å²) in [6.07, 6.45) is -8.00. The third-order valence-corrected chi connectivity index (χ3v) is 14.4. The first-order valence-electron chi connectivity index (χ1n) is 15.1. The lowest BCUT2D eigenvalue weighted by Gasteiger charge is -2.49. The van der Waals surface area contributed by atoms with Crippen LogP contribution >= 0.6 is 0 Å². The number of benzene rings is 2. The van der Waals surface area contributed by atoms with Crippen LogP contribution in [-0.2, 0) is 23.4 Å². The lowest BCUT2D eigenvalue weighted by atomic mass is 9.72. The Morgan fingerprint density at radius 3 is 2.17 bits per heavy atom. The first-order valence-corrected chi connectivity index (χ1v) is 18.0. The first kappa shape index (κ1) is 34.3. The second-order valence-electron chi connectivity index (χ2n) is 13.9. The first-order chi connectivity index (χ1) is 21.3. The second-order valence-corrected chi connectivity index (χ2v) is 18.7. The van der Waals surface area contributed by atoms with Gasteiger partial charge in [0.05, 0.1) is 17.2 Å². The minimum Gasteiger partial charge on any atom is -0.507 e. The van der Waals surface area contributed by atoms with Gasteiger partial charge in [0.1, 0.15) is 42.0 Å². The second kappa shape index (κ2) is 11.6. The summed E-state index contributed by atoms with van der Waals surface area (Å²) in [4.78, 5) is 41.0. The molecule has 1 saturated heterocycles. The molecule has 250 valence electrons. The average molecular weight is 659 g/mol. The monoisotopic (exact) mass is 658 g/mol. The molecule has 0 aromatic heterocycles.